The highest BCUT2D eigenvalue weighted by Crippen LogP contribution is 2.33. The van der Waals surface area contributed by atoms with E-state index in [2.05, 4.69) is 24.3 Å². The van der Waals surface area contributed by atoms with Crippen LogP contribution in [-0.2, 0) is 6.54 Å². The van der Waals surface area contributed by atoms with Gasteiger partial charge in [0.15, 0.2) is 0 Å². The third kappa shape index (κ3) is 2.94. The van der Waals surface area contributed by atoms with Gasteiger partial charge in [0.2, 0.25) is 0 Å². The number of aryl methyl sites for hydroxylation is 1. The molecule has 0 spiro atoms. The van der Waals surface area contributed by atoms with Crippen LogP contribution in [-0.4, -0.2) is 16.3 Å². The molecule has 0 aliphatic heterocycles. The molecular weight excluding hydrogens is 281 g/mol. The predicted octanol–water partition coefficient (Wildman–Crippen LogP) is 3.91. The van der Waals surface area contributed by atoms with E-state index in [0.29, 0.717) is 10.0 Å². The molecule has 1 heterocycles. The third-order valence-corrected chi connectivity index (χ3v) is 3.70. The molecule has 19 heavy (non-hydrogen) atoms. The summed E-state index contributed by atoms with van der Waals surface area (Å²) in [5.74, 6) is 0. The number of rotatable bonds is 5. The van der Waals surface area contributed by atoms with E-state index < -0.39 is 0 Å². The second-order valence-electron chi connectivity index (χ2n) is 4.20. The molecule has 5 heteroatoms. The number of nitrogens with one attached hydrogen (secondary N) is 1. The first-order valence-corrected chi connectivity index (χ1v) is 7.13. The Morgan fingerprint density at radius 3 is 2.47 bits per heavy atom. The second kappa shape index (κ2) is 6.42. The van der Waals surface area contributed by atoms with Gasteiger partial charge in [-0.1, -0.05) is 36.2 Å². The Balaban J connectivity index is 2.52. The zero-order valence-corrected chi connectivity index (χ0v) is 12.5. The SMILES string of the molecule is CCNC(c1c(Cl)cccc1Cl)c1ccnn1CC. The van der Waals surface area contributed by atoms with Crippen LogP contribution >= 0.6 is 23.2 Å². The fourth-order valence-corrected chi connectivity index (χ4v) is 2.81. The van der Waals surface area contributed by atoms with Crippen LogP contribution in [0.2, 0.25) is 10.0 Å². The molecule has 0 aliphatic carbocycles. The van der Waals surface area contributed by atoms with Gasteiger partial charge in [-0.2, -0.15) is 5.10 Å². The fraction of sp³-hybridized carbons (Fsp3) is 0.357. The number of hydrogen-bond donors (Lipinski definition) is 1. The highest BCUT2D eigenvalue weighted by atomic mass is 35.5. The first kappa shape index (κ1) is 14.4. The molecular formula is C14H17Cl2N3. The minimum atomic E-state index is -0.0475. The van der Waals surface area contributed by atoms with Gasteiger partial charge in [-0.25, -0.2) is 0 Å². The van der Waals surface area contributed by atoms with Crippen LogP contribution in [0.4, 0.5) is 0 Å². The van der Waals surface area contributed by atoms with Crippen molar-refractivity contribution in [2.75, 3.05) is 6.54 Å². The molecule has 1 aromatic carbocycles. The van der Waals surface area contributed by atoms with E-state index in [1.54, 1.807) is 6.20 Å². The van der Waals surface area contributed by atoms with E-state index in [9.17, 15) is 0 Å². The summed E-state index contributed by atoms with van der Waals surface area (Å²) in [4.78, 5) is 0. The molecule has 0 radical (unpaired) electrons. The van der Waals surface area contributed by atoms with Gasteiger partial charge in [0.1, 0.15) is 0 Å². The summed E-state index contributed by atoms with van der Waals surface area (Å²) in [6, 6.07) is 7.53. The normalized spacial score (nSPS) is 12.6. The Kier molecular flexibility index (Phi) is 4.86. The summed E-state index contributed by atoms with van der Waals surface area (Å²) < 4.78 is 1.95. The smallest absolute Gasteiger partial charge is 0.0777 e. The van der Waals surface area contributed by atoms with Gasteiger partial charge in [0, 0.05) is 28.4 Å². The van der Waals surface area contributed by atoms with E-state index in [-0.39, 0.29) is 6.04 Å². The Morgan fingerprint density at radius 2 is 1.89 bits per heavy atom. The van der Waals surface area contributed by atoms with Gasteiger partial charge < -0.3 is 5.32 Å². The van der Waals surface area contributed by atoms with Crippen LogP contribution in [0.3, 0.4) is 0 Å². The largest absolute Gasteiger partial charge is 0.305 e. The topological polar surface area (TPSA) is 29.9 Å². The van der Waals surface area contributed by atoms with Gasteiger partial charge in [-0.3, -0.25) is 4.68 Å². The van der Waals surface area contributed by atoms with Crippen molar-refractivity contribution in [3.63, 3.8) is 0 Å². The van der Waals surface area contributed by atoms with E-state index >= 15 is 0 Å². The number of hydrogen-bond acceptors (Lipinski definition) is 2. The number of benzene rings is 1. The monoisotopic (exact) mass is 297 g/mol. The van der Waals surface area contributed by atoms with Crippen molar-refractivity contribution in [2.45, 2.75) is 26.4 Å². The van der Waals surface area contributed by atoms with Crippen LogP contribution in [0.15, 0.2) is 30.5 Å². The van der Waals surface area contributed by atoms with Crippen molar-refractivity contribution in [2.24, 2.45) is 0 Å². The van der Waals surface area contributed by atoms with Crippen molar-refractivity contribution in [1.29, 1.82) is 0 Å². The fourth-order valence-electron chi connectivity index (χ4n) is 2.20. The molecule has 0 amide bonds. The molecule has 0 saturated heterocycles. The molecule has 1 aromatic heterocycles. The summed E-state index contributed by atoms with van der Waals surface area (Å²) in [7, 11) is 0. The van der Waals surface area contributed by atoms with Crippen LogP contribution in [0.1, 0.15) is 31.1 Å². The zero-order chi connectivity index (χ0) is 13.8. The Morgan fingerprint density at radius 1 is 1.21 bits per heavy atom. The summed E-state index contributed by atoms with van der Waals surface area (Å²) in [5, 5.41) is 9.08. The van der Waals surface area contributed by atoms with Gasteiger partial charge in [0.25, 0.3) is 0 Å². The Hall–Kier alpha value is -1.03. The maximum atomic E-state index is 6.32. The molecule has 2 aromatic rings. The van der Waals surface area contributed by atoms with Crippen molar-refractivity contribution in [1.82, 2.24) is 15.1 Å². The molecule has 1 atom stereocenters. The average Bonchev–Trinajstić information content (AvgIpc) is 2.85. The second-order valence-corrected chi connectivity index (χ2v) is 5.01. The molecule has 0 bridgehead atoms. The minimum Gasteiger partial charge on any atom is -0.305 e. The third-order valence-electron chi connectivity index (χ3n) is 3.04. The van der Waals surface area contributed by atoms with Crippen molar-refractivity contribution >= 4 is 23.2 Å². The Bertz CT molecular complexity index is 531. The number of aromatic nitrogens is 2. The van der Waals surface area contributed by atoms with E-state index in [1.807, 2.05) is 28.9 Å². The van der Waals surface area contributed by atoms with Gasteiger partial charge in [0.05, 0.1) is 11.7 Å². The highest BCUT2D eigenvalue weighted by Gasteiger charge is 2.22. The lowest BCUT2D eigenvalue weighted by Gasteiger charge is -2.21. The first-order valence-electron chi connectivity index (χ1n) is 6.38. The summed E-state index contributed by atoms with van der Waals surface area (Å²) in [6.07, 6.45) is 1.80. The number of nitrogens with zero attached hydrogens (tertiary/aromatic N) is 2. The molecule has 1 N–H and O–H groups in total. The molecule has 0 fully saturated rings. The number of halogens is 2. The zero-order valence-electron chi connectivity index (χ0n) is 11.0. The van der Waals surface area contributed by atoms with E-state index in [1.165, 1.54) is 0 Å². The minimum absolute atomic E-state index is 0.0475. The van der Waals surface area contributed by atoms with E-state index in [4.69, 9.17) is 23.2 Å². The standard InChI is InChI=1S/C14H17Cl2N3/c1-3-17-14(12-8-9-18-19(12)4-2)13-10(15)6-5-7-11(13)16/h5-9,14,17H,3-4H2,1-2H3. The molecule has 0 saturated carbocycles. The predicted molar refractivity (Wildman–Crippen MR) is 79.9 cm³/mol. The van der Waals surface area contributed by atoms with Gasteiger partial charge in [-0.05, 0) is 31.7 Å². The maximum absolute atomic E-state index is 6.32. The molecule has 0 aliphatic rings. The first-order chi connectivity index (χ1) is 9.19. The summed E-state index contributed by atoms with van der Waals surface area (Å²) in [6.45, 7) is 5.76. The van der Waals surface area contributed by atoms with Crippen LogP contribution in [0.25, 0.3) is 0 Å². The van der Waals surface area contributed by atoms with E-state index in [0.717, 1.165) is 24.3 Å². The van der Waals surface area contributed by atoms with Crippen molar-refractivity contribution in [3.05, 3.63) is 51.8 Å². The molecule has 3 nitrogen and oxygen atoms in total. The van der Waals surface area contributed by atoms with Gasteiger partial charge in [-0.15, -0.1) is 0 Å². The quantitative estimate of drug-likeness (QED) is 0.907. The van der Waals surface area contributed by atoms with Crippen LogP contribution < -0.4 is 5.32 Å². The van der Waals surface area contributed by atoms with Crippen LogP contribution in [0, 0.1) is 0 Å². The van der Waals surface area contributed by atoms with Gasteiger partial charge >= 0.3 is 0 Å². The van der Waals surface area contributed by atoms with Crippen LogP contribution in [0.5, 0.6) is 0 Å². The average molecular weight is 298 g/mol. The molecule has 1 unspecified atom stereocenters. The highest BCUT2D eigenvalue weighted by molar-refractivity contribution is 6.36. The molecule has 102 valence electrons. The maximum Gasteiger partial charge on any atom is 0.0777 e. The lowest BCUT2D eigenvalue weighted by atomic mass is 10.0. The lowest BCUT2D eigenvalue weighted by molar-refractivity contribution is 0.542. The Labute approximate surface area is 123 Å². The lowest BCUT2D eigenvalue weighted by Crippen LogP contribution is -2.25. The molecule has 2 rings (SSSR count). The summed E-state index contributed by atoms with van der Waals surface area (Å²) >= 11 is 12.6. The summed E-state index contributed by atoms with van der Waals surface area (Å²) in [5.41, 5.74) is 1.97. The van der Waals surface area contributed by atoms with Crippen molar-refractivity contribution < 1.29 is 0 Å². The van der Waals surface area contributed by atoms with Crippen molar-refractivity contribution in [3.8, 4) is 0 Å².